The van der Waals surface area contributed by atoms with E-state index in [1.54, 1.807) is 12.3 Å². The first kappa shape index (κ1) is 17.2. The minimum absolute atomic E-state index is 0.0435. The van der Waals surface area contributed by atoms with E-state index >= 15 is 0 Å². The number of fused-ring (bicyclic) bond motifs is 1. The van der Waals surface area contributed by atoms with Gasteiger partial charge in [0, 0.05) is 35.5 Å². The van der Waals surface area contributed by atoms with Gasteiger partial charge in [0.25, 0.3) is 0 Å². The van der Waals surface area contributed by atoms with E-state index in [1.807, 2.05) is 30.3 Å². The first-order valence-corrected chi connectivity index (χ1v) is 7.41. The van der Waals surface area contributed by atoms with Crippen LogP contribution in [0.1, 0.15) is 5.56 Å². The summed E-state index contributed by atoms with van der Waals surface area (Å²) >= 11 is 11.8. The number of nitrogens with zero attached hydrogens (tertiary/aromatic N) is 2. The van der Waals surface area contributed by atoms with Crippen LogP contribution in [0.3, 0.4) is 0 Å². The average molecular weight is 349 g/mol. The molecule has 0 aliphatic heterocycles. The number of hydrogen-bond donors (Lipinski definition) is 2. The topological polar surface area (TPSA) is 65.7 Å². The van der Waals surface area contributed by atoms with E-state index in [0.717, 1.165) is 18.0 Å². The van der Waals surface area contributed by atoms with Crippen LogP contribution in [0.2, 0.25) is 10.0 Å². The molecule has 3 aromatic rings. The van der Waals surface area contributed by atoms with Crippen molar-refractivity contribution in [2.45, 2.75) is 0 Å². The molecule has 0 fully saturated rings. The Morgan fingerprint density at radius 1 is 1.09 bits per heavy atom. The van der Waals surface area contributed by atoms with E-state index in [9.17, 15) is 5.11 Å². The zero-order valence-corrected chi connectivity index (χ0v) is 13.8. The van der Waals surface area contributed by atoms with Gasteiger partial charge in [0.2, 0.25) is 0 Å². The van der Waals surface area contributed by atoms with Gasteiger partial charge in [0.05, 0.1) is 16.2 Å². The van der Waals surface area contributed by atoms with Crippen LogP contribution in [0.5, 0.6) is 5.75 Å². The Kier molecular flexibility index (Phi) is 5.93. The average Bonchev–Trinajstić information content (AvgIpc) is 2.58. The highest BCUT2D eigenvalue weighted by atomic mass is 35.5. The quantitative estimate of drug-likeness (QED) is 0.664. The summed E-state index contributed by atoms with van der Waals surface area (Å²) in [6, 6.07) is 12.7. The summed E-state index contributed by atoms with van der Waals surface area (Å²) in [6.07, 6.45) is 3.24. The number of rotatable bonds is 2. The first-order valence-electron chi connectivity index (χ1n) is 6.66. The molecular weight excluding hydrogens is 335 g/mol. The van der Waals surface area contributed by atoms with Crippen LogP contribution in [0.4, 0.5) is 5.69 Å². The Morgan fingerprint density at radius 3 is 2.61 bits per heavy atom. The molecule has 1 heterocycles. The van der Waals surface area contributed by atoms with Gasteiger partial charge in [0.1, 0.15) is 5.75 Å². The smallest absolute Gasteiger partial charge is 0.143 e. The van der Waals surface area contributed by atoms with E-state index in [-0.39, 0.29) is 10.8 Å². The fraction of sp³-hybridized carbons (Fsp3) is 0.0588. The summed E-state index contributed by atoms with van der Waals surface area (Å²) in [5.41, 5.74) is 1.97. The fourth-order valence-corrected chi connectivity index (χ4v) is 2.52. The Labute approximate surface area is 143 Å². The predicted octanol–water partition coefficient (Wildman–Crippen LogP) is 4.61. The number of hydrogen-bond acceptors (Lipinski definition) is 4. The molecule has 0 unspecified atom stereocenters. The predicted molar refractivity (Wildman–Crippen MR) is 95.3 cm³/mol. The molecule has 0 saturated carbocycles. The van der Waals surface area contributed by atoms with Crippen molar-refractivity contribution in [2.24, 2.45) is 4.99 Å². The third kappa shape index (κ3) is 3.99. The Morgan fingerprint density at radius 2 is 1.83 bits per heavy atom. The van der Waals surface area contributed by atoms with Crippen molar-refractivity contribution in [3.05, 3.63) is 64.3 Å². The summed E-state index contributed by atoms with van der Waals surface area (Å²) in [4.78, 5) is 8.71. The van der Waals surface area contributed by atoms with Crippen LogP contribution in [0.15, 0.2) is 53.7 Å². The van der Waals surface area contributed by atoms with E-state index in [0.29, 0.717) is 16.3 Å². The number of aliphatic hydroxyl groups is 1. The largest absolute Gasteiger partial charge is 0.506 e. The normalized spacial score (nSPS) is 10.6. The lowest BCUT2D eigenvalue weighted by molar-refractivity contribution is 0.399. The van der Waals surface area contributed by atoms with Gasteiger partial charge in [-0.05, 0) is 24.3 Å². The van der Waals surface area contributed by atoms with Crippen LogP contribution < -0.4 is 0 Å². The molecule has 4 nitrogen and oxygen atoms in total. The molecule has 0 radical (unpaired) electrons. The SMILES string of the molecule is CO.Oc1c(Cl)cc(Cl)cc1C=Nc1cccc2cccnc12. The third-order valence-electron chi connectivity index (χ3n) is 3.01. The Balaban J connectivity index is 0.000000924. The van der Waals surface area contributed by atoms with Crippen molar-refractivity contribution in [2.75, 3.05) is 7.11 Å². The minimum Gasteiger partial charge on any atom is -0.506 e. The monoisotopic (exact) mass is 348 g/mol. The second-order valence-corrected chi connectivity index (χ2v) is 5.28. The van der Waals surface area contributed by atoms with Gasteiger partial charge in [-0.2, -0.15) is 0 Å². The molecule has 1 aromatic heterocycles. The second kappa shape index (κ2) is 7.92. The molecule has 2 aromatic carbocycles. The van der Waals surface area contributed by atoms with Crippen LogP contribution in [0.25, 0.3) is 10.9 Å². The van der Waals surface area contributed by atoms with Crippen molar-refractivity contribution in [3.63, 3.8) is 0 Å². The van der Waals surface area contributed by atoms with Gasteiger partial charge in [-0.3, -0.25) is 9.98 Å². The highest BCUT2D eigenvalue weighted by molar-refractivity contribution is 6.36. The minimum atomic E-state index is -0.0435. The van der Waals surface area contributed by atoms with Crippen LogP contribution in [-0.2, 0) is 0 Å². The van der Waals surface area contributed by atoms with Gasteiger partial charge in [-0.25, -0.2) is 0 Å². The molecule has 0 spiro atoms. The van der Waals surface area contributed by atoms with E-state index < -0.39 is 0 Å². The molecule has 2 N–H and O–H groups in total. The van der Waals surface area contributed by atoms with Crippen molar-refractivity contribution in [1.29, 1.82) is 0 Å². The number of phenols is 1. The summed E-state index contributed by atoms with van der Waals surface area (Å²) in [5.74, 6) is -0.0435. The van der Waals surface area contributed by atoms with Gasteiger partial charge >= 0.3 is 0 Å². The number of pyridine rings is 1. The van der Waals surface area contributed by atoms with Crippen molar-refractivity contribution >= 4 is 46.0 Å². The van der Waals surface area contributed by atoms with Crippen molar-refractivity contribution in [3.8, 4) is 5.75 Å². The molecule has 0 amide bonds. The maximum absolute atomic E-state index is 9.92. The Bertz CT molecular complexity index is 846. The van der Waals surface area contributed by atoms with Gasteiger partial charge < -0.3 is 10.2 Å². The molecule has 0 aliphatic carbocycles. The summed E-state index contributed by atoms with van der Waals surface area (Å²) in [6.45, 7) is 0. The number of aliphatic imine (C=N–C) groups is 1. The number of benzene rings is 2. The molecule has 6 heteroatoms. The molecule has 0 saturated heterocycles. The Hall–Kier alpha value is -2.14. The fourth-order valence-electron chi connectivity index (χ4n) is 2.02. The second-order valence-electron chi connectivity index (χ2n) is 4.44. The maximum Gasteiger partial charge on any atom is 0.143 e. The van der Waals surface area contributed by atoms with Crippen molar-refractivity contribution < 1.29 is 10.2 Å². The highest BCUT2D eigenvalue weighted by Crippen LogP contribution is 2.31. The molecule has 3 rings (SSSR count). The van der Waals surface area contributed by atoms with Crippen LogP contribution in [-0.4, -0.2) is 28.5 Å². The molecule has 0 aliphatic rings. The number of para-hydroxylation sites is 1. The molecular formula is C17H14Cl2N2O2. The first-order chi connectivity index (χ1) is 11.1. The van der Waals surface area contributed by atoms with Gasteiger partial charge in [-0.1, -0.05) is 41.4 Å². The number of halogens is 2. The standard InChI is InChI=1S/C16H10Cl2N2O.CH4O/c17-12-7-11(16(21)13(18)8-12)9-20-14-5-1-3-10-4-2-6-19-15(10)14;1-2/h1-9,21H;2H,1H3. The zero-order chi connectivity index (χ0) is 16.8. The van der Waals surface area contributed by atoms with Crippen LogP contribution >= 0.6 is 23.2 Å². The lowest BCUT2D eigenvalue weighted by Gasteiger charge is -2.03. The van der Waals surface area contributed by atoms with Gasteiger partial charge in [0.15, 0.2) is 0 Å². The molecule has 23 heavy (non-hydrogen) atoms. The van der Waals surface area contributed by atoms with E-state index in [4.69, 9.17) is 28.3 Å². The van der Waals surface area contributed by atoms with Gasteiger partial charge in [-0.15, -0.1) is 0 Å². The van der Waals surface area contributed by atoms with Crippen molar-refractivity contribution in [1.82, 2.24) is 4.98 Å². The molecule has 0 bridgehead atoms. The number of aliphatic hydroxyl groups excluding tert-OH is 1. The lowest BCUT2D eigenvalue weighted by Crippen LogP contribution is -1.85. The van der Waals surface area contributed by atoms with E-state index in [2.05, 4.69) is 9.98 Å². The van der Waals surface area contributed by atoms with Crippen LogP contribution in [0, 0.1) is 0 Å². The summed E-state index contributed by atoms with van der Waals surface area (Å²) < 4.78 is 0. The maximum atomic E-state index is 9.92. The third-order valence-corrected chi connectivity index (χ3v) is 3.52. The lowest BCUT2D eigenvalue weighted by atomic mass is 10.2. The summed E-state index contributed by atoms with van der Waals surface area (Å²) in [5, 5.41) is 18.6. The molecule has 0 atom stereocenters. The number of aromatic nitrogens is 1. The summed E-state index contributed by atoms with van der Waals surface area (Å²) in [7, 11) is 1.00. The zero-order valence-electron chi connectivity index (χ0n) is 12.2. The highest BCUT2D eigenvalue weighted by Gasteiger charge is 2.06. The number of phenolic OH excluding ortho intramolecular Hbond substituents is 1. The number of aromatic hydroxyl groups is 1. The molecule has 118 valence electrons. The van der Waals surface area contributed by atoms with E-state index in [1.165, 1.54) is 12.3 Å².